The molecule has 0 aliphatic heterocycles. The highest BCUT2D eigenvalue weighted by molar-refractivity contribution is 9.10. The van der Waals surface area contributed by atoms with Crippen molar-refractivity contribution in [2.45, 2.75) is 18.2 Å². The molecule has 0 aliphatic rings. The zero-order valence-electron chi connectivity index (χ0n) is 14.9. The topological polar surface area (TPSA) is 93.6 Å². The third-order valence-electron chi connectivity index (χ3n) is 4.16. The fourth-order valence-corrected chi connectivity index (χ4v) is 3.91. The van der Waals surface area contributed by atoms with Gasteiger partial charge in [-0.05, 0) is 57.6 Å². The SMILES string of the molecule is Cc1c(CC(=O)O)cc2ccc(F)cc2c1Oc1ncc(S(C)(=O)=O)cc1Br. The Balaban J connectivity index is 2.17. The number of hydrogen-bond acceptors (Lipinski definition) is 5. The zero-order valence-corrected chi connectivity index (χ0v) is 17.3. The summed E-state index contributed by atoms with van der Waals surface area (Å²) >= 11 is 3.24. The summed E-state index contributed by atoms with van der Waals surface area (Å²) in [6, 6.07) is 7.15. The van der Waals surface area contributed by atoms with Crippen molar-refractivity contribution in [1.82, 2.24) is 4.98 Å². The molecule has 146 valence electrons. The van der Waals surface area contributed by atoms with Gasteiger partial charge in [0.1, 0.15) is 11.6 Å². The van der Waals surface area contributed by atoms with Crippen LogP contribution in [0.1, 0.15) is 11.1 Å². The van der Waals surface area contributed by atoms with Crippen molar-refractivity contribution in [3.05, 3.63) is 57.9 Å². The number of sulfone groups is 1. The van der Waals surface area contributed by atoms with Gasteiger partial charge in [0.05, 0.1) is 15.8 Å². The van der Waals surface area contributed by atoms with Crippen molar-refractivity contribution >= 4 is 42.5 Å². The molecular weight excluding hydrogens is 453 g/mol. The van der Waals surface area contributed by atoms with Gasteiger partial charge in [0, 0.05) is 17.8 Å². The standard InChI is InChI=1S/C19H15BrFNO5S/c1-10-12(6-17(23)24)5-11-3-4-13(21)7-15(11)18(10)27-19-16(20)8-14(9-22-19)28(2,25)26/h3-5,7-9H,6H2,1-2H3,(H,23,24). The average Bonchev–Trinajstić information content (AvgIpc) is 2.59. The highest BCUT2D eigenvalue weighted by Crippen LogP contribution is 2.38. The molecule has 1 aromatic heterocycles. The van der Waals surface area contributed by atoms with Crippen LogP contribution in [0.5, 0.6) is 11.6 Å². The molecule has 9 heteroatoms. The molecule has 0 atom stereocenters. The summed E-state index contributed by atoms with van der Waals surface area (Å²) in [5, 5.41) is 10.2. The minimum absolute atomic E-state index is 0.0129. The first-order valence-electron chi connectivity index (χ1n) is 8.03. The molecule has 1 heterocycles. The second kappa shape index (κ2) is 7.48. The summed E-state index contributed by atoms with van der Waals surface area (Å²) in [5.74, 6) is -1.14. The number of hydrogen-bond donors (Lipinski definition) is 1. The Bertz CT molecular complexity index is 1210. The van der Waals surface area contributed by atoms with Crippen LogP contribution in [0.15, 0.2) is 45.9 Å². The highest BCUT2D eigenvalue weighted by Gasteiger charge is 2.18. The summed E-state index contributed by atoms with van der Waals surface area (Å²) in [6.07, 6.45) is 2.00. The van der Waals surface area contributed by atoms with Gasteiger partial charge in [-0.2, -0.15) is 0 Å². The molecule has 0 fully saturated rings. The molecule has 0 bridgehead atoms. The molecule has 0 aliphatic carbocycles. The van der Waals surface area contributed by atoms with Crippen molar-refractivity contribution in [2.75, 3.05) is 6.26 Å². The van der Waals surface area contributed by atoms with E-state index in [-0.39, 0.29) is 22.9 Å². The normalized spacial score (nSPS) is 11.6. The number of carboxylic acids is 1. The van der Waals surface area contributed by atoms with Gasteiger partial charge in [0.15, 0.2) is 9.84 Å². The monoisotopic (exact) mass is 467 g/mol. The van der Waals surface area contributed by atoms with Crippen LogP contribution in [0.25, 0.3) is 10.8 Å². The lowest BCUT2D eigenvalue weighted by Gasteiger charge is -2.16. The van der Waals surface area contributed by atoms with E-state index in [4.69, 9.17) is 9.84 Å². The fraction of sp³-hybridized carbons (Fsp3) is 0.158. The number of carbonyl (C=O) groups is 1. The van der Waals surface area contributed by atoms with Crippen LogP contribution in [0, 0.1) is 12.7 Å². The summed E-state index contributed by atoms with van der Waals surface area (Å²) < 4.78 is 43.3. The number of fused-ring (bicyclic) bond motifs is 1. The smallest absolute Gasteiger partial charge is 0.307 e. The van der Waals surface area contributed by atoms with Gasteiger partial charge in [-0.15, -0.1) is 0 Å². The number of carboxylic acid groups (broad SMARTS) is 1. The van der Waals surface area contributed by atoms with Gasteiger partial charge in [0.25, 0.3) is 0 Å². The van der Waals surface area contributed by atoms with E-state index in [2.05, 4.69) is 20.9 Å². The van der Waals surface area contributed by atoms with E-state index in [1.807, 2.05) is 0 Å². The number of nitrogens with zero attached hydrogens (tertiary/aromatic N) is 1. The summed E-state index contributed by atoms with van der Waals surface area (Å²) in [4.78, 5) is 15.2. The maximum absolute atomic E-state index is 13.8. The minimum Gasteiger partial charge on any atom is -0.481 e. The van der Waals surface area contributed by atoms with E-state index in [0.717, 1.165) is 12.5 Å². The van der Waals surface area contributed by atoms with Gasteiger partial charge in [-0.1, -0.05) is 12.1 Å². The maximum Gasteiger partial charge on any atom is 0.307 e. The first kappa shape index (κ1) is 20.2. The molecule has 0 saturated carbocycles. The lowest BCUT2D eigenvalue weighted by Crippen LogP contribution is -2.04. The lowest BCUT2D eigenvalue weighted by atomic mass is 9.98. The van der Waals surface area contributed by atoms with Crippen LogP contribution in [0.2, 0.25) is 0 Å². The van der Waals surface area contributed by atoms with Gasteiger partial charge < -0.3 is 9.84 Å². The summed E-state index contributed by atoms with van der Waals surface area (Å²) in [7, 11) is -3.45. The zero-order chi connectivity index (χ0) is 20.6. The predicted octanol–water partition coefficient (Wildman–Crippen LogP) is 4.27. The van der Waals surface area contributed by atoms with E-state index < -0.39 is 21.6 Å². The molecule has 2 aromatic carbocycles. The summed E-state index contributed by atoms with van der Waals surface area (Å²) in [5.41, 5.74) is 1.05. The first-order valence-corrected chi connectivity index (χ1v) is 10.7. The Hall–Kier alpha value is -2.52. The quantitative estimate of drug-likeness (QED) is 0.602. The van der Waals surface area contributed by atoms with Gasteiger partial charge in [-0.3, -0.25) is 4.79 Å². The van der Waals surface area contributed by atoms with E-state index in [0.29, 0.717) is 26.4 Å². The molecule has 0 saturated heterocycles. The van der Waals surface area contributed by atoms with E-state index in [1.165, 1.54) is 24.3 Å². The van der Waals surface area contributed by atoms with E-state index in [1.54, 1.807) is 13.0 Å². The van der Waals surface area contributed by atoms with Crippen LogP contribution in [0.4, 0.5) is 4.39 Å². The molecule has 0 unspecified atom stereocenters. The van der Waals surface area contributed by atoms with Crippen LogP contribution in [0.3, 0.4) is 0 Å². The summed E-state index contributed by atoms with van der Waals surface area (Å²) in [6.45, 7) is 1.68. The average molecular weight is 468 g/mol. The second-order valence-electron chi connectivity index (χ2n) is 6.26. The Kier molecular flexibility index (Phi) is 5.40. The number of pyridine rings is 1. The van der Waals surface area contributed by atoms with Crippen LogP contribution in [-0.4, -0.2) is 30.7 Å². The van der Waals surface area contributed by atoms with Crippen molar-refractivity contribution < 1.29 is 27.4 Å². The van der Waals surface area contributed by atoms with Crippen molar-refractivity contribution in [3.63, 3.8) is 0 Å². The number of aromatic nitrogens is 1. The molecule has 1 N–H and O–H groups in total. The van der Waals surface area contributed by atoms with E-state index >= 15 is 0 Å². The molecular formula is C19H15BrFNO5S. The molecule has 0 radical (unpaired) electrons. The third-order valence-corrected chi connectivity index (χ3v) is 5.81. The largest absolute Gasteiger partial charge is 0.481 e. The first-order chi connectivity index (χ1) is 13.1. The molecule has 3 rings (SSSR count). The Labute approximate surface area is 169 Å². The minimum atomic E-state index is -3.45. The number of halogens is 2. The molecule has 28 heavy (non-hydrogen) atoms. The second-order valence-corrected chi connectivity index (χ2v) is 9.13. The van der Waals surface area contributed by atoms with Crippen molar-refractivity contribution in [1.29, 1.82) is 0 Å². The fourth-order valence-electron chi connectivity index (χ4n) is 2.76. The van der Waals surface area contributed by atoms with Crippen molar-refractivity contribution in [3.8, 4) is 11.6 Å². The van der Waals surface area contributed by atoms with Crippen LogP contribution in [-0.2, 0) is 21.1 Å². The maximum atomic E-state index is 13.8. The number of rotatable bonds is 5. The number of ether oxygens (including phenoxy) is 1. The number of aliphatic carboxylic acids is 1. The lowest BCUT2D eigenvalue weighted by molar-refractivity contribution is -0.136. The van der Waals surface area contributed by atoms with Crippen LogP contribution < -0.4 is 4.74 Å². The van der Waals surface area contributed by atoms with Crippen molar-refractivity contribution in [2.24, 2.45) is 0 Å². The Morgan fingerprint density at radius 2 is 2.00 bits per heavy atom. The Morgan fingerprint density at radius 3 is 2.61 bits per heavy atom. The van der Waals surface area contributed by atoms with Crippen LogP contribution >= 0.6 is 15.9 Å². The molecule has 3 aromatic rings. The highest BCUT2D eigenvalue weighted by atomic mass is 79.9. The predicted molar refractivity (Wildman–Crippen MR) is 105 cm³/mol. The molecule has 0 amide bonds. The Morgan fingerprint density at radius 1 is 1.29 bits per heavy atom. The van der Waals surface area contributed by atoms with Gasteiger partial charge in [0.2, 0.25) is 5.88 Å². The molecule has 6 nitrogen and oxygen atoms in total. The molecule has 0 spiro atoms. The van der Waals surface area contributed by atoms with Gasteiger partial charge >= 0.3 is 5.97 Å². The number of benzene rings is 2. The third kappa shape index (κ3) is 4.15. The van der Waals surface area contributed by atoms with E-state index in [9.17, 15) is 17.6 Å². The van der Waals surface area contributed by atoms with Gasteiger partial charge in [-0.25, -0.2) is 17.8 Å².